The van der Waals surface area contributed by atoms with Crippen molar-refractivity contribution in [1.29, 1.82) is 0 Å². The fraction of sp³-hybridized carbons (Fsp3) is 0.459. The first-order chi connectivity index (χ1) is 20.8. The first-order valence-electron chi connectivity index (χ1n) is 16.2. The highest BCUT2D eigenvalue weighted by Gasteiger charge is 2.30. The summed E-state index contributed by atoms with van der Waals surface area (Å²) in [6.45, 7) is 8.64. The van der Waals surface area contributed by atoms with Gasteiger partial charge in [-0.05, 0) is 103 Å². The number of carbonyl (C=O) groups excluding carboxylic acids is 4. The number of amides is 4. The van der Waals surface area contributed by atoms with Crippen LogP contribution in [0.2, 0.25) is 0 Å². The summed E-state index contributed by atoms with van der Waals surface area (Å²) in [4.78, 5) is 53.6. The molecule has 2 aromatic carbocycles. The Kier molecular flexibility index (Phi) is 11.3. The Labute approximate surface area is 256 Å². The predicted molar refractivity (Wildman–Crippen MR) is 173 cm³/mol. The van der Waals surface area contributed by atoms with Gasteiger partial charge in [0, 0.05) is 24.3 Å². The lowest BCUT2D eigenvalue weighted by atomic mass is 9.87. The Hall–Kier alpha value is -3.80. The van der Waals surface area contributed by atoms with E-state index >= 15 is 0 Å². The van der Waals surface area contributed by atoms with Gasteiger partial charge < -0.3 is 0 Å². The van der Waals surface area contributed by atoms with E-state index < -0.39 is 0 Å². The second kappa shape index (κ2) is 15.1. The Bertz CT molecular complexity index is 1290. The van der Waals surface area contributed by atoms with Gasteiger partial charge in [0.15, 0.2) is 0 Å². The molecule has 228 valence electrons. The third-order valence-corrected chi connectivity index (χ3v) is 8.48. The lowest BCUT2D eigenvalue weighted by Gasteiger charge is -2.24. The molecule has 2 aliphatic rings. The standard InChI is InChI=1S/C37H46N2O4/c1-5-9-13-26-24-32(38-34(40)17-18-35(38)41)28(15-11-7-3)21-30(26)23-31-22-29(16-12-8-4)33(25-27(31)14-10-6-2)39-36(42)19-20-37(39)43/h17-22,24-25H,5-16,23H2,1-4H3. The fourth-order valence-corrected chi connectivity index (χ4v) is 6.02. The molecule has 0 bridgehead atoms. The predicted octanol–water partition coefficient (Wildman–Crippen LogP) is 7.51. The van der Waals surface area contributed by atoms with Crippen LogP contribution in [0.25, 0.3) is 0 Å². The van der Waals surface area contributed by atoms with Crippen molar-refractivity contribution in [3.63, 3.8) is 0 Å². The zero-order chi connectivity index (χ0) is 30.9. The van der Waals surface area contributed by atoms with E-state index in [1.807, 2.05) is 0 Å². The Morgan fingerprint density at radius 3 is 1.02 bits per heavy atom. The van der Waals surface area contributed by atoms with Crippen molar-refractivity contribution in [1.82, 2.24) is 0 Å². The van der Waals surface area contributed by atoms with Gasteiger partial charge in [-0.3, -0.25) is 19.2 Å². The molecule has 6 heteroatoms. The van der Waals surface area contributed by atoms with Gasteiger partial charge in [0.1, 0.15) is 0 Å². The number of hydrogen-bond donors (Lipinski definition) is 0. The molecule has 0 saturated heterocycles. The molecule has 43 heavy (non-hydrogen) atoms. The third kappa shape index (κ3) is 7.41. The average molecular weight is 583 g/mol. The number of unbranched alkanes of at least 4 members (excludes halogenated alkanes) is 4. The maximum Gasteiger partial charge on any atom is 0.258 e. The Morgan fingerprint density at radius 1 is 0.419 bits per heavy atom. The van der Waals surface area contributed by atoms with Crippen LogP contribution in [0, 0.1) is 0 Å². The maximum absolute atomic E-state index is 12.7. The minimum absolute atomic E-state index is 0.282. The largest absolute Gasteiger partial charge is 0.269 e. The molecule has 6 nitrogen and oxygen atoms in total. The van der Waals surface area contributed by atoms with Gasteiger partial charge in [0.05, 0.1) is 11.4 Å². The van der Waals surface area contributed by atoms with E-state index in [1.165, 1.54) is 56.4 Å². The van der Waals surface area contributed by atoms with E-state index in [-0.39, 0.29) is 23.6 Å². The van der Waals surface area contributed by atoms with Gasteiger partial charge in [-0.2, -0.15) is 0 Å². The molecule has 2 aromatic rings. The lowest BCUT2D eigenvalue weighted by Crippen LogP contribution is -2.31. The molecule has 4 rings (SSSR count). The van der Waals surface area contributed by atoms with Gasteiger partial charge in [-0.15, -0.1) is 0 Å². The first-order valence-corrected chi connectivity index (χ1v) is 16.2. The van der Waals surface area contributed by atoms with E-state index in [9.17, 15) is 19.2 Å². The molecule has 0 N–H and O–H groups in total. The Balaban J connectivity index is 1.85. The molecular formula is C37H46N2O4. The van der Waals surface area contributed by atoms with Crippen molar-refractivity contribution < 1.29 is 19.2 Å². The van der Waals surface area contributed by atoms with Crippen molar-refractivity contribution in [2.45, 2.75) is 111 Å². The normalized spacial score (nSPS) is 14.7. The van der Waals surface area contributed by atoms with Crippen LogP contribution >= 0.6 is 0 Å². The van der Waals surface area contributed by atoms with Gasteiger partial charge in [0.2, 0.25) is 0 Å². The van der Waals surface area contributed by atoms with Crippen LogP contribution in [0.5, 0.6) is 0 Å². The van der Waals surface area contributed by atoms with Gasteiger partial charge in [0.25, 0.3) is 23.6 Å². The van der Waals surface area contributed by atoms with E-state index in [0.717, 1.165) is 94.6 Å². The molecule has 0 saturated carbocycles. The highest BCUT2D eigenvalue weighted by molar-refractivity contribution is 6.29. The fourth-order valence-electron chi connectivity index (χ4n) is 6.02. The van der Waals surface area contributed by atoms with Crippen LogP contribution < -0.4 is 9.80 Å². The number of imide groups is 2. The SMILES string of the molecule is CCCCc1cc(N2C(=O)C=CC2=O)c(CCCC)cc1Cc1cc(CCCC)c(N2C(=O)C=CC2=O)cc1CCCC. The van der Waals surface area contributed by atoms with Crippen molar-refractivity contribution in [3.8, 4) is 0 Å². The second-order valence-corrected chi connectivity index (χ2v) is 11.8. The smallest absolute Gasteiger partial charge is 0.258 e. The summed E-state index contributed by atoms with van der Waals surface area (Å²) < 4.78 is 0. The molecule has 0 aromatic heterocycles. The van der Waals surface area contributed by atoms with Crippen molar-refractivity contribution in [3.05, 3.63) is 82.0 Å². The molecular weight excluding hydrogens is 536 g/mol. The quantitative estimate of drug-likeness (QED) is 0.192. The summed E-state index contributed by atoms with van der Waals surface area (Å²) in [5, 5.41) is 0. The van der Waals surface area contributed by atoms with Crippen LogP contribution in [-0.2, 0) is 51.3 Å². The molecule has 2 aliphatic heterocycles. The van der Waals surface area contributed by atoms with E-state index in [2.05, 4.69) is 52.0 Å². The van der Waals surface area contributed by atoms with Crippen LogP contribution in [0.1, 0.15) is 112 Å². The van der Waals surface area contributed by atoms with E-state index in [0.29, 0.717) is 11.4 Å². The zero-order valence-electron chi connectivity index (χ0n) is 26.3. The van der Waals surface area contributed by atoms with Crippen molar-refractivity contribution in [2.24, 2.45) is 0 Å². The molecule has 0 unspecified atom stereocenters. The minimum Gasteiger partial charge on any atom is -0.269 e. The number of hydrogen-bond acceptors (Lipinski definition) is 4. The van der Waals surface area contributed by atoms with Crippen LogP contribution in [0.3, 0.4) is 0 Å². The van der Waals surface area contributed by atoms with Crippen molar-refractivity contribution in [2.75, 3.05) is 9.80 Å². The second-order valence-electron chi connectivity index (χ2n) is 11.8. The number of rotatable bonds is 16. The summed E-state index contributed by atoms with van der Waals surface area (Å²) in [6, 6.07) is 8.64. The molecule has 2 heterocycles. The van der Waals surface area contributed by atoms with Gasteiger partial charge in [-0.1, -0.05) is 65.5 Å². The average Bonchev–Trinajstić information content (AvgIpc) is 3.52. The summed E-state index contributed by atoms with van der Waals surface area (Å²) >= 11 is 0. The molecule has 0 spiro atoms. The van der Waals surface area contributed by atoms with Gasteiger partial charge >= 0.3 is 0 Å². The zero-order valence-corrected chi connectivity index (χ0v) is 26.3. The monoisotopic (exact) mass is 582 g/mol. The Morgan fingerprint density at radius 2 is 0.721 bits per heavy atom. The number of aryl methyl sites for hydroxylation is 4. The highest BCUT2D eigenvalue weighted by Crippen LogP contribution is 2.35. The van der Waals surface area contributed by atoms with Crippen molar-refractivity contribution >= 4 is 35.0 Å². The number of carbonyl (C=O) groups is 4. The molecule has 0 atom stereocenters. The molecule has 0 fully saturated rings. The minimum atomic E-state index is -0.282. The summed E-state index contributed by atoms with van der Waals surface area (Å²) in [5.41, 5.74) is 8.26. The van der Waals surface area contributed by atoms with Gasteiger partial charge in [-0.25, -0.2) is 9.80 Å². The topological polar surface area (TPSA) is 74.8 Å². The number of benzene rings is 2. The molecule has 0 aliphatic carbocycles. The molecule has 0 radical (unpaired) electrons. The maximum atomic E-state index is 12.7. The van der Waals surface area contributed by atoms with E-state index in [4.69, 9.17) is 0 Å². The lowest BCUT2D eigenvalue weighted by molar-refractivity contribution is -0.121. The summed E-state index contributed by atoms with van der Waals surface area (Å²) in [6.07, 6.45) is 17.5. The van der Waals surface area contributed by atoms with Crippen LogP contribution in [-0.4, -0.2) is 23.6 Å². The highest BCUT2D eigenvalue weighted by atomic mass is 16.2. The third-order valence-electron chi connectivity index (χ3n) is 8.48. The van der Waals surface area contributed by atoms with Crippen LogP contribution in [0.4, 0.5) is 11.4 Å². The van der Waals surface area contributed by atoms with Crippen LogP contribution in [0.15, 0.2) is 48.6 Å². The number of nitrogens with zero attached hydrogens (tertiary/aromatic N) is 2. The van der Waals surface area contributed by atoms with E-state index in [1.54, 1.807) is 0 Å². The number of anilines is 2. The first kappa shape index (κ1) is 32.1. The summed E-state index contributed by atoms with van der Waals surface area (Å²) in [7, 11) is 0. The molecule has 4 amide bonds. The summed E-state index contributed by atoms with van der Waals surface area (Å²) in [5.74, 6) is -1.13.